The molecule has 1 aromatic heterocycles. The third kappa shape index (κ3) is 3.20. The number of carbonyl (C=O) groups excluding carboxylic acids is 1. The number of aromatic nitrogens is 1. The third-order valence-corrected chi connectivity index (χ3v) is 5.15. The van der Waals surface area contributed by atoms with Gasteiger partial charge in [-0.1, -0.05) is 24.3 Å². The van der Waals surface area contributed by atoms with E-state index in [0.29, 0.717) is 0 Å². The Balaban J connectivity index is 1.65. The van der Waals surface area contributed by atoms with Gasteiger partial charge in [0.15, 0.2) is 0 Å². The maximum atomic E-state index is 13.1. The van der Waals surface area contributed by atoms with Crippen LogP contribution < -0.4 is 0 Å². The molecule has 3 nitrogen and oxygen atoms in total. The van der Waals surface area contributed by atoms with Crippen LogP contribution in [0.15, 0.2) is 42.6 Å². The van der Waals surface area contributed by atoms with Crippen LogP contribution in [0.25, 0.3) is 0 Å². The highest BCUT2D eigenvalue weighted by Gasteiger charge is 2.40. The van der Waals surface area contributed by atoms with Crippen LogP contribution >= 0.6 is 0 Å². The average Bonchev–Trinajstić information content (AvgIpc) is 3.46. The van der Waals surface area contributed by atoms with E-state index < -0.39 is 11.9 Å². The molecule has 136 valence electrons. The molecule has 1 heterocycles. The van der Waals surface area contributed by atoms with Crippen LogP contribution in [0.1, 0.15) is 58.9 Å². The molecule has 4 rings (SSSR count). The molecule has 0 spiro atoms. The van der Waals surface area contributed by atoms with E-state index in [-0.39, 0.29) is 23.6 Å². The van der Waals surface area contributed by atoms with Crippen molar-refractivity contribution in [1.82, 2.24) is 9.88 Å². The van der Waals surface area contributed by atoms with Gasteiger partial charge in [-0.15, -0.1) is 0 Å². The third-order valence-electron chi connectivity index (χ3n) is 5.15. The summed E-state index contributed by atoms with van der Waals surface area (Å²) < 4.78 is 38.1. The average molecular weight is 360 g/mol. The van der Waals surface area contributed by atoms with Crippen LogP contribution in [0.4, 0.5) is 13.2 Å². The first kappa shape index (κ1) is 17.1. The number of benzene rings is 1. The maximum absolute atomic E-state index is 13.1. The summed E-state index contributed by atoms with van der Waals surface area (Å²) in [5.41, 5.74) is 1.66. The number of aryl methyl sites for hydroxylation is 1. The van der Waals surface area contributed by atoms with E-state index >= 15 is 0 Å². The lowest BCUT2D eigenvalue weighted by Gasteiger charge is -2.36. The monoisotopic (exact) mass is 360 g/mol. The number of carbonyl (C=O) groups is 1. The smallest absolute Gasteiger partial charge is 0.329 e. The Morgan fingerprint density at radius 2 is 1.85 bits per heavy atom. The number of hydrogen-bond acceptors (Lipinski definition) is 2. The van der Waals surface area contributed by atoms with Gasteiger partial charge in [-0.2, -0.15) is 13.2 Å². The number of alkyl halides is 3. The Bertz CT molecular complexity index is 813. The molecule has 1 unspecified atom stereocenters. The van der Waals surface area contributed by atoms with Crippen LogP contribution in [-0.4, -0.2) is 21.8 Å². The van der Waals surface area contributed by atoms with Crippen LogP contribution in [0.2, 0.25) is 0 Å². The standard InChI is InChI=1S/C20H19F3N2O/c21-20(22,23)18-11-8-14(12-24-18)19(26)25(15-9-10-15)17-7-3-5-13-4-1-2-6-16(13)17/h1-2,4,6,8,11-12,15,17H,3,5,7,9-10H2. The number of halogens is 3. The molecule has 26 heavy (non-hydrogen) atoms. The van der Waals surface area contributed by atoms with Gasteiger partial charge >= 0.3 is 6.18 Å². The van der Waals surface area contributed by atoms with E-state index in [9.17, 15) is 18.0 Å². The molecule has 1 amide bonds. The molecular formula is C20H19F3N2O. The predicted molar refractivity (Wildman–Crippen MR) is 90.6 cm³/mol. The molecule has 1 fully saturated rings. The fourth-order valence-electron chi connectivity index (χ4n) is 3.77. The van der Waals surface area contributed by atoms with Crippen molar-refractivity contribution < 1.29 is 18.0 Å². The SMILES string of the molecule is O=C(c1ccc(C(F)(F)F)nc1)N(C1CC1)C1CCCc2ccccc21. The second-order valence-corrected chi connectivity index (χ2v) is 6.98. The quantitative estimate of drug-likeness (QED) is 0.789. The molecule has 1 atom stereocenters. The molecular weight excluding hydrogens is 341 g/mol. The van der Waals surface area contributed by atoms with E-state index in [1.54, 1.807) is 0 Å². The fraction of sp³-hybridized carbons (Fsp3) is 0.400. The van der Waals surface area contributed by atoms with Crippen molar-refractivity contribution in [1.29, 1.82) is 0 Å². The van der Waals surface area contributed by atoms with Gasteiger partial charge in [0, 0.05) is 12.2 Å². The number of pyridine rings is 1. The lowest BCUT2D eigenvalue weighted by atomic mass is 9.86. The molecule has 6 heteroatoms. The minimum atomic E-state index is -4.50. The van der Waals surface area contributed by atoms with Crippen LogP contribution in [-0.2, 0) is 12.6 Å². The van der Waals surface area contributed by atoms with Crippen molar-refractivity contribution in [3.05, 3.63) is 65.0 Å². The van der Waals surface area contributed by atoms with Crippen LogP contribution in [0.5, 0.6) is 0 Å². The van der Waals surface area contributed by atoms with Crippen molar-refractivity contribution in [2.45, 2.75) is 50.4 Å². The zero-order valence-electron chi connectivity index (χ0n) is 14.2. The van der Waals surface area contributed by atoms with Crippen molar-refractivity contribution in [3.63, 3.8) is 0 Å². The molecule has 0 saturated heterocycles. The Morgan fingerprint density at radius 1 is 1.08 bits per heavy atom. The minimum absolute atomic E-state index is 0.0118. The molecule has 2 aromatic rings. The van der Waals surface area contributed by atoms with Gasteiger partial charge in [0.1, 0.15) is 5.69 Å². The Hall–Kier alpha value is -2.37. The van der Waals surface area contributed by atoms with Gasteiger partial charge in [-0.25, -0.2) is 0 Å². The van der Waals surface area contributed by atoms with E-state index in [1.807, 2.05) is 17.0 Å². The lowest BCUT2D eigenvalue weighted by molar-refractivity contribution is -0.141. The van der Waals surface area contributed by atoms with E-state index in [0.717, 1.165) is 44.4 Å². The number of fused-ring (bicyclic) bond motifs is 1. The minimum Gasteiger partial charge on any atom is -0.329 e. The molecule has 0 aliphatic heterocycles. The topological polar surface area (TPSA) is 33.2 Å². The molecule has 0 N–H and O–H groups in total. The highest BCUT2D eigenvalue weighted by Crippen LogP contribution is 2.41. The van der Waals surface area contributed by atoms with Crippen LogP contribution in [0.3, 0.4) is 0 Å². The fourth-order valence-corrected chi connectivity index (χ4v) is 3.77. The maximum Gasteiger partial charge on any atom is 0.433 e. The first-order valence-corrected chi connectivity index (χ1v) is 8.89. The lowest BCUT2D eigenvalue weighted by Crippen LogP contribution is -2.38. The van der Waals surface area contributed by atoms with Gasteiger partial charge in [-0.05, 0) is 55.4 Å². The molecule has 1 aromatic carbocycles. The number of rotatable bonds is 3. The van der Waals surface area contributed by atoms with Crippen molar-refractivity contribution in [2.75, 3.05) is 0 Å². The second kappa shape index (κ2) is 6.41. The largest absolute Gasteiger partial charge is 0.433 e. The summed E-state index contributed by atoms with van der Waals surface area (Å²) in [6, 6.07) is 10.4. The first-order valence-electron chi connectivity index (χ1n) is 8.89. The molecule has 0 bridgehead atoms. The summed E-state index contributed by atoms with van der Waals surface area (Å²) in [6.07, 6.45) is 1.32. The number of nitrogens with zero attached hydrogens (tertiary/aromatic N) is 2. The molecule has 2 aliphatic carbocycles. The Morgan fingerprint density at radius 3 is 2.50 bits per heavy atom. The highest BCUT2D eigenvalue weighted by molar-refractivity contribution is 5.94. The summed E-state index contributed by atoms with van der Waals surface area (Å²) in [6.45, 7) is 0. The molecule has 0 radical (unpaired) electrons. The summed E-state index contributed by atoms with van der Waals surface area (Å²) in [4.78, 5) is 18.4. The van der Waals surface area contributed by atoms with Crippen LogP contribution in [0, 0.1) is 0 Å². The van der Waals surface area contributed by atoms with Crippen molar-refractivity contribution in [3.8, 4) is 0 Å². The van der Waals surface area contributed by atoms with E-state index in [1.165, 1.54) is 17.2 Å². The Labute approximate surface area is 149 Å². The van der Waals surface area contributed by atoms with Gasteiger partial charge in [0.25, 0.3) is 5.91 Å². The van der Waals surface area contributed by atoms with E-state index in [2.05, 4.69) is 17.1 Å². The van der Waals surface area contributed by atoms with Gasteiger partial charge in [-0.3, -0.25) is 9.78 Å². The second-order valence-electron chi connectivity index (χ2n) is 6.98. The first-order chi connectivity index (χ1) is 12.4. The van der Waals surface area contributed by atoms with Gasteiger partial charge < -0.3 is 4.90 Å². The summed E-state index contributed by atoms with van der Waals surface area (Å²) in [5, 5.41) is 0. The highest BCUT2D eigenvalue weighted by atomic mass is 19.4. The van der Waals surface area contributed by atoms with Crippen molar-refractivity contribution >= 4 is 5.91 Å². The zero-order chi connectivity index (χ0) is 18.3. The normalized spacial score (nSPS) is 19.7. The Kier molecular flexibility index (Phi) is 4.21. The molecule has 1 saturated carbocycles. The summed E-state index contributed by atoms with van der Waals surface area (Å²) in [7, 11) is 0. The molecule has 2 aliphatic rings. The van der Waals surface area contributed by atoms with Crippen molar-refractivity contribution in [2.24, 2.45) is 0 Å². The van der Waals surface area contributed by atoms with Gasteiger partial charge in [0.05, 0.1) is 11.6 Å². The summed E-state index contributed by atoms with van der Waals surface area (Å²) >= 11 is 0. The summed E-state index contributed by atoms with van der Waals surface area (Å²) in [5.74, 6) is -0.226. The van der Waals surface area contributed by atoms with Gasteiger partial charge in [0.2, 0.25) is 0 Å². The van der Waals surface area contributed by atoms with E-state index in [4.69, 9.17) is 0 Å². The number of amides is 1. The zero-order valence-corrected chi connectivity index (χ0v) is 14.2. The predicted octanol–water partition coefficient (Wildman–Crippen LogP) is 4.78. The number of hydrogen-bond donors (Lipinski definition) is 0.